The lowest BCUT2D eigenvalue weighted by atomic mass is 10.2. The van der Waals surface area contributed by atoms with Gasteiger partial charge in [-0.05, 0) is 42.3 Å². The van der Waals surface area contributed by atoms with Gasteiger partial charge in [0, 0.05) is 10.0 Å². The fraction of sp³-hybridized carbons (Fsp3) is 0.143. The van der Waals surface area contributed by atoms with E-state index in [4.69, 9.17) is 23.2 Å². The number of nitrogens with one attached hydrogen (secondary N) is 1. The van der Waals surface area contributed by atoms with E-state index in [1.807, 2.05) is 6.92 Å². The lowest BCUT2D eigenvalue weighted by Gasteiger charge is -2.09. The van der Waals surface area contributed by atoms with E-state index in [-0.39, 0.29) is 4.90 Å². The summed E-state index contributed by atoms with van der Waals surface area (Å²) in [7, 11) is -3.64. The summed E-state index contributed by atoms with van der Waals surface area (Å²) in [4.78, 5) is 0.200. The summed E-state index contributed by atoms with van der Waals surface area (Å²) in [6.07, 6.45) is 0.859. The fourth-order valence-electron chi connectivity index (χ4n) is 1.73. The third-order valence-electron chi connectivity index (χ3n) is 2.76. The Morgan fingerprint density at radius 2 is 1.55 bits per heavy atom. The Balaban J connectivity index is 2.30. The van der Waals surface area contributed by atoms with Gasteiger partial charge in [0.2, 0.25) is 0 Å². The van der Waals surface area contributed by atoms with Gasteiger partial charge < -0.3 is 0 Å². The van der Waals surface area contributed by atoms with E-state index in [1.165, 1.54) is 18.2 Å². The zero-order valence-corrected chi connectivity index (χ0v) is 13.1. The maximum absolute atomic E-state index is 12.2. The molecule has 3 nitrogen and oxygen atoms in total. The van der Waals surface area contributed by atoms with Crippen molar-refractivity contribution in [1.82, 2.24) is 0 Å². The van der Waals surface area contributed by atoms with Gasteiger partial charge in [0.15, 0.2) is 0 Å². The molecule has 1 N–H and O–H groups in total. The molecule has 0 aliphatic rings. The first-order valence-electron chi connectivity index (χ1n) is 5.98. The number of anilines is 1. The van der Waals surface area contributed by atoms with Crippen molar-refractivity contribution in [2.75, 3.05) is 4.72 Å². The number of halogens is 2. The summed E-state index contributed by atoms with van der Waals surface area (Å²) in [5, 5.41) is 0.744. The van der Waals surface area contributed by atoms with Gasteiger partial charge in [-0.15, -0.1) is 0 Å². The second-order valence-electron chi connectivity index (χ2n) is 4.26. The number of hydrogen-bond acceptors (Lipinski definition) is 2. The molecule has 0 heterocycles. The molecule has 106 valence electrons. The number of benzene rings is 2. The van der Waals surface area contributed by atoms with Crippen LogP contribution in [0.1, 0.15) is 12.5 Å². The third-order valence-corrected chi connectivity index (χ3v) is 4.59. The molecular formula is C14H13Cl2NO2S. The Morgan fingerprint density at radius 3 is 2.05 bits per heavy atom. The van der Waals surface area contributed by atoms with Crippen molar-refractivity contribution in [3.05, 3.63) is 58.1 Å². The summed E-state index contributed by atoms with van der Waals surface area (Å²) in [5.41, 5.74) is 1.41. The number of hydrogen-bond donors (Lipinski definition) is 1. The standard InChI is InChI=1S/C14H13Cl2NO2S/c1-2-10-3-5-14(6-4-10)20(18,19)17-13-8-11(15)7-12(16)9-13/h3-9,17H,2H2,1H3. The summed E-state index contributed by atoms with van der Waals surface area (Å²) < 4.78 is 26.9. The Bertz CT molecular complexity index is 692. The summed E-state index contributed by atoms with van der Waals surface area (Å²) in [6, 6.07) is 11.3. The molecule has 0 amide bonds. The van der Waals surface area contributed by atoms with Crippen molar-refractivity contribution >= 4 is 38.9 Å². The largest absolute Gasteiger partial charge is 0.280 e. The van der Waals surface area contributed by atoms with Crippen molar-refractivity contribution in [2.45, 2.75) is 18.2 Å². The Morgan fingerprint density at radius 1 is 1.00 bits per heavy atom. The van der Waals surface area contributed by atoms with Crippen LogP contribution < -0.4 is 4.72 Å². The summed E-state index contributed by atoms with van der Waals surface area (Å²) in [5.74, 6) is 0. The molecule has 2 aromatic rings. The first kappa shape index (κ1) is 15.2. The predicted molar refractivity (Wildman–Crippen MR) is 83.1 cm³/mol. The molecule has 0 spiro atoms. The summed E-state index contributed by atoms with van der Waals surface area (Å²) >= 11 is 11.7. The lowest BCUT2D eigenvalue weighted by molar-refractivity contribution is 0.601. The van der Waals surface area contributed by atoms with E-state index in [9.17, 15) is 8.42 Å². The Kier molecular flexibility index (Phi) is 4.58. The minimum atomic E-state index is -3.64. The first-order chi connectivity index (χ1) is 9.40. The number of rotatable bonds is 4. The van der Waals surface area contributed by atoms with Crippen molar-refractivity contribution < 1.29 is 8.42 Å². The molecule has 0 radical (unpaired) electrons. The van der Waals surface area contributed by atoms with E-state index in [2.05, 4.69) is 4.72 Å². The van der Waals surface area contributed by atoms with Crippen LogP contribution in [0.15, 0.2) is 47.4 Å². The van der Waals surface area contributed by atoms with Gasteiger partial charge in [-0.3, -0.25) is 4.72 Å². The van der Waals surface area contributed by atoms with Crippen LogP contribution in [0.3, 0.4) is 0 Å². The maximum Gasteiger partial charge on any atom is 0.261 e. The van der Waals surface area contributed by atoms with Crippen molar-refractivity contribution in [3.8, 4) is 0 Å². The van der Waals surface area contributed by atoms with Crippen LogP contribution in [-0.2, 0) is 16.4 Å². The van der Waals surface area contributed by atoms with Gasteiger partial charge in [0.05, 0.1) is 10.6 Å². The molecule has 0 atom stereocenters. The highest BCUT2D eigenvalue weighted by molar-refractivity contribution is 7.92. The van der Waals surface area contributed by atoms with Crippen LogP contribution in [-0.4, -0.2) is 8.42 Å². The quantitative estimate of drug-likeness (QED) is 0.905. The molecule has 20 heavy (non-hydrogen) atoms. The third kappa shape index (κ3) is 3.66. The molecular weight excluding hydrogens is 317 g/mol. The lowest BCUT2D eigenvalue weighted by Crippen LogP contribution is -2.12. The molecule has 0 unspecified atom stereocenters. The topological polar surface area (TPSA) is 46.2 Å². The second kappa shape index (κ2) is 6.04. The molecule has 2 aromatic carbocycles. The molecule has 0 aliphatic heterocycles. The first-order valence-corrected chi connectivity index (χ1v) is 8.22. The van der Waals surface area contributed by atoms with Gasteiger partial charge in [0.25, 0.3) is 10.0 Å². The van der Waals surface area contributed by atoms with Gasteiger partial charge in [-0.2, -0.15) is 0 Å². The van der Waals surface area contributed by atoms with Crippen LogP contribution in [0.4, 0.5) is 5.69 Å². The highest BCUT2D eigenvalue weighted by Crippen LogP contribution is 2.24. The Hall–Kier alpha value is -1.23. The maximum atomic E-state index is 12.2. The normalized spacial score (nSPS) is 11.3. The minimum Gasteiger partial charge on any atom is -0.280 e. The van der Waals surface area contributed by atoms with E-state index >= 15 is 0 Å². The zero-order chi connectivity index (χ0) is 14.8. The second-order valence-corrected chi connectivity index (χ2v) is 6.82. The average Bonchev–Trinajstić information content (AvgIpc) is 2.37. The van der Waals surface area contributed by atoms with Crippen LogP contribution in [0.2, 0.25) is 10.0 Å². The SMILES string of the molecule is CCc1ccc(S(=O)(=O)Nc2cc(Cl)cc(Cl)c2)cc1. The minimum absolute atomic E-state index is 0.200. The summed E-state index contributed by atoms with van der Waals surface area (Å²) in [6.45, 7) is 2.01. The average molecular weight is 330 g/mol. The van der Waals surface area contributed by atoms with Crippen LogP contribution in [0, 0.1) is 0 Å². The van der Waals surface area contributed by atoms with Crippen LogP contribution in [0.5, 0.6) is 0 Å². The van der Waals surface area contributed by atoms with Crippen LogP contribution >= 0.6 is 23.2 Å². The number of sulfonamides is 1. The van der Waals surface area contributed by atoms with Gasteiger partial charge in [-0.25, -0.2) is 8.42 Å². The van der Waals surface area contributed by atoms with Gasteiger partial charge in [0.1, 0.15) is 0 Å². The van der Waals surface area contributed by atoms with E-state index in [0.717, 1.165) is 12.0 Å². The molecule has 0 fully saturated rings. The van der Waals surface area contributed by atoms with E-state index < -0.39 is 10.0 Å². The van der Waals surface area contributed by atoms with Crippen molar-refractivity contribution in [3.63, 3.8) is 0 Å². The highest BCUT2D eigenvalue weighted by Gasteiger charge is 2.14. The molecule has 0 saturated carbocycles. The smallest absolute Gasteiger partial charge is 0.261 e. The molecule has 0 bridgehead atoms. The van der Waals surface area contributed by atoms with Gasteiger partial charge >= 0.3 is 0 Å². The number of aryl methyl sites for hydroxylation is 1. The predicted octanol–water partition coefficient (Wildman–Crippen LogP) is 4.36. The monoisotopic (exact) mass is 329 g/mol. The Labute approximate surface area is 128 Å². The van der Waals surface area contributed by atoms with Crippen molar-refractivity contribution in [2.24, 2.45) is 0 Å². The van der Waals surface area contributed by atoms with Gasteiger partial charge in [-0.1, -0.05) is 42.3 Å². The molecule has 0 saturated heterocycles. The molecule has 0 aliphatic carbocycles. The highest BCUT2D eigenvalue weighted by atomic mass is 35.5. The fourth-order valence-corrected chi connectivity index (χ4v) is 3.30. The zero-order valence-electron chi connectivity index (χ0n) is 10.7. The van der Waals surface area contributed by atoms with E-state index in [1.54, 1.807) is 24.3 Å². The van der Waals surface area contributed by atoms with Crippen molar-refractivity contribution in [1.29, 1.82) is 0 Å². The molecule has 6 heteroatoms. The molecule has 2 rings (SSSR count). The molecule has 0 aromatic heterocycles. The van der Waals surface area contributed by atoms with E-state index in [0.29, 0.717) is 15.7 Å². The van der Waals surface area contributed by atoms with Crippen LogP contribution in [0.25, 0.3) is 0 Å².